The first kappa shape index (κ1) is 19.6. The summed E-state index contributed by atoms with van der Waals surface area (Å²) in [6, 6.07) is 8.58. The predicted octanol–water partition coefficient (Wildman–Crippen LogP) is 1.91. The van der Waals surface area contributed by atoms with Gasteiger partial charge in [0.15, 0.2) is 0 Å². The summed E-state index contributed by atoms with van der Waals surface area (Å²) in [7, 11) is -4.62. The smallest absolute Gasteiger partial charge is 0.534 e. The molecule has 9 heteroatoms. The molecular weight excluding hydrogens is 401 g/mol. The molecule has 2 N–H and O–H groups in total. The van der Waals surface area contributed by atoms with Gasteiger partial charge in [-0.15, -0.1) is 0 Å². The molecule has 0 bridgehead atoms. The molecule has 4 aliphatic heterocycles. The molecule has 0 radical (unpaired) electrons. The van der Waals surface area contributed by atoms with Gasteiger partial charge in [-0.2, -0.15) is 4.31 Å². The van der Waals surface area contributed by atoms with E-state index in [9.17, 15) is 13.4 Å². The third kappa shape index (κ3) is 3.21. The van der Waals surface area contributed by atoms with Gasteiger partial charge in [0.2, 0.25) is 10.0 Å². The van der Waals surface area contributed by atoms with Crippen LogP contribution in [0.5, 0.6) is 0 Å². The number of amidine groups is 1. The van der Waals surface area contributed by atoms with Gasteiger partial charge in [0.25, 0.3) is 0 Å². The van der Waals surface area contributed by atoms with Crippen molar-refractivity contribution in [2.75, 3.05) is 13.1 Å². The Kier molecular flexibility index (Phi) is 4.84. The number of allylic oxidation sites excluding steroid dienone is 1. The van der Waals surface area contributed by atoms with Crippen molar-refractivity contribution in [2.24, 2.45) is 28.7 Å². The van der Waals surface area contributed by atoms with Crippen molar-refractivity contribution in [3.8, 4) is 0 Å². The number of rotatable bonds is 3. The third-order valence-corrected chi connectivity index (χ3v) is 8.41. The highest BCUT2D eigenvalue weighted by Gasteiger charge is 2.46. The van der Waals surface area contributed by atoms with Gasteiger partial charge in [-0.1, -0.05) is 36.8 Å². The van der Waals surface area contributed by atoms with Crippen molar-refractivity contribution < 1.29 is 18.1 Å². The van der Waals surface area contributed by atoms with E-state index in [-0.39, 0.29) is 23.7 Å². The SMILES string of the molecule is CC1CCN(S(=O)(=O)c2ccccc2)CC1C1=CB(O)OC2=CN=C3NC=CC3C21. The van der Waals surface area contributed by atoms with E-state index in [4.69, 9.17) is 4.65 Å². The Morgan fingerprint density at radius 1 is 1.30 bits per heavy atom. The zero-order valence-corrected chi connectivity index (χ0v) is 17.5. The summed E-state index contributed by atoms with van der Waals surface area (Å²) in [5, 5.41) is 13.5. The fourth-order valence-corrected chi connectivity index (χ4v) is 6.41. The number of aliphatic imine (C=N–C) groups is 1. The zero-order valence-electron chi connectivity index (χ0n) is 16.7. The lowest BCUT2D eigenvalue weighted by Crippen LogP contribution is -2.47. The minimum atomic E-state index is -3.57. The van der Waals surface area contributed by atoms with Gasteiger partial charge < -0.3 is 15.0 Å². The summed E-state index contributed by atoms with van der Waals surface area (Å²) in [4.78, 5) is 4.73. The maximum atomic E-state index is 13.2. The highest BCUT2D eigenvalue weighted by molar-refractivity contribution is 7.89. The number of piperidine rings is 1. The molecule has 5 rings (SSSR count). The molecule has 4 unspecified atom stereocenters. The molecule has 4 heterocycles. The standard InChI is InChI=1S/C21H24BN3O4S/c1-14-8-10-25(30(27,28)15-5-3-2-4-6-15)13-18(14)17-11-22(26)29-19-12-24-21-16(20(17)19)7-9-23-21/h2-7,9,11-12,14,16,18,20,26H,8,10,13H2,1H3,(H,23,24). The Labute approximate surface area is 177 Å². The van der Waals surface area contributed by atoms with Crippen LogP contribution in [0.1, 0.15) is 13.3 Å². The number of hydrogen-bond donors (Lipinski definition) is 2. The average molecular weight is 425 g/mol. The van der Waals surface area contributed by atoms with Crippen LogP contribution in [0.3, 0.4) is 0 Å². The second-order valence-electron chi connectivity index (χ2n) is 8.28. The van der Waals surface area contributed by atoms with Crippen molar-refractivity contribution in [1.82, 2.24) is 9.62 Å². The first-order valence-corrected chi connectivity index (χ1v) is 11.7. The Balaban J connectivity index is 1.48. The monoisotopic (exact) mass is 425 g/mol. The van der Waals surface area contributed by atoms with E-state index < -0.39 is 17.1 Å². The molecule has 30 heavy (non-hydrogen) atoms. The number of benzene rings is 1. The number of hydrogen-bond acceptors (Lipinski definition) is 6. The van der Waals surface area contributed by atoms with Gasteiger partial charge in [-0.3, -0.25) is 0 Å². The number of fused-ring (bicyclic) bond motifs is 3. The molecule has 1 aromatic rings. The first-order chi connectivity index (χ1) is 14.4. The zero-order chi connectivity index (χ0) is 20.9. The van der Waals surface area contributed by atoms with Crippen molar-refractivity contribution in [2.45, 2.75) is 18.2 Å². The molecule has 0 amide bonds. The Bertz CT molecular complexity index is 1070. The molecule has 4 atom stereocenters. The number of nitrogens with zero attached hydrogens (tertiary/aromatic N) is 2. The van der Waals surface area contributed by atoms with Crippen LogP contribution >= 0.6 is 0 Å². The second kappa shape index (κ2) is 7.41. The van der Waals surface area contributed by atoms with Crippen LogP contribution < -0.4 is 5.32 Å². The maximum absolute atomic E-state index is 13.2. The van der Waals surface area contributed by atoms with Crippen LogP contribution in [-0.4, -0.2) is 43.8 Å². The summed E-state index contributed by atoms with van der Waals surface area (Å²) >= 11 is 0. The molecule has 4 aliphatic rings. The highest BCUT2D eigenvalue weighted by atomic mass is 32.2. The van der Waals surface area contributed by atoms with E-state index in [1.807, 2.05) is 12.3 Å². The molecule has 0 spiro atoms. The second-order valence-corrected chi connectivity index (χ2v) is 10.2. The summed E-state index contributed by atoms with van der Waals surface area (Å²) < 4.78 is 33.7. The van der Waals surface area contributed by atoms with E-state index in [0.717, 1.165) is 17.8 Å². The van der Waals surface area contributed by atoms with Gasteiger partial charge in [0.1, 0.15) is 11.6 Å². The summed E-state index contributed by atoms with van der Waals surface area (Å²) in [5.74, 6) is 3.44. The van der Waals surface area contributed by atoms with Crippen LogP contribution in [0.4, 0.5) is 0 Å². The van der Waals surface area contributed by atoms with E-state index in [1.165, 1.54) is 0 Å². The van der Waals surface area contributed by atoms with E-state index in [2.05, 4.69) is 23.3 Å². The van der Waals surface area contributed by atoms with Gasteiger partial charge in [-0.05, 0) is 42.6 Å². The van der Waals surface area contributed by atoms with Crippen LogP contribution in [0.25, 0.3) is 0 Å². The Morgan fingerprint density at radius 2 is 2.10 bits per heavy atom. The van der Waals surface area contributed by atoms with E-state index in [0.29, 0.717) is 23.7 Å². The summed E-state index contributed by atoms with van der Waals surface area (Å²) in [6.45, 7) is 3.03. The van der Waals surface area contributed by atoms with Gasteiger partial charge in [0.05, 0.1) is 22.9 Å². The Hall–Kier alpha value is -2.36. The van der Waals surface area contributed by atoms with Crippen molar-refractivity contribution in [1.29, 1.82) is 0 Å². The number of nitrogens with one attached hydrogen (secondary N) is 1. The van der Waals surface area contributed by atoms with Gasteiger partial charge in [0, 0.05) is 13.1 Å². The van der Waals surface area contributed by atoms with Crippen molar-refractivity contribution >= 4 is 23.0 Å². The molecule has 1 aromatic carbocycles. The lowest BCUT2D eigenvalue weighted by Gasteiger charge is -2.43. The summed E-state index contributed by atoms with van der Waals surface area (Å²) in [5.41, 5.74) is 1.03. The van der Waals surface area contributed by atoms with E-state index >= 15 is 0 Å². The fourth-order valence-electron chi connectivity index (χ4n) is 4.91. The molecule has 0 aliphatic carbocycles. The molecule has 0 aromatic heterocycles. The van der Waals surface area contributed by atoms with Gasteiger partial charge >= 0.3 is 7.12 Å². The minimum Gasteiger partial charge on any atom is -0.534 e. The van der Waals surface area contributed by atoms with Crippen molar-refractivity contribution in [3.63, 3.8) is 0 Å². The lowest BCUT2D eigenvalue weighted by molar-refractivity contribution is 0.198. The minimum absolute atomic E-state index is 0.0112. The number of sulfonamides is 1. The van der Waals surface area contributed by atoms with Crippen molar-refractivity contribution in [3.05, 3.63) is 66.1 Å². The molecule has 7 nitrogen and oxygen atoms in total. The van der Waals surface area contributed by atoms with Crippen LogP contribution in [0.15, 0.2) is 76.0 Å². The van der Waals surface area contributed by atoms with Crippen LogP contribution in [0, 0.1) is 23.7 Å². The average Bonchev–Trinajstić information content (AvgIpc) is 3.23. The maximum Gasteiger partial charge on any atom is 0.552 e. The van der Waals surface area contributed by atoms with E-state index in [1.54, 1.807) is 40.7 Å². The quantitative estimate of drug-likeness (QED) is 0.723. The Morgan fingerprint density at radius 3 is 2.90 bits per heavy atom. The molecule has 1 saturated heterocycles. The van der Waals surface area contributed by atoms with Gasteiger partial charge in [-0.25, -0.2) is 13.4 Å². The topological polar surface area (TPSA) is 91.2 Å². The highest BCUT2D eigenvalue weighted by Crippen LogP contribution is 2.45. The first-order valence-electron chi connectivity index (χ1n) is 10.3. The fraction of sp³-hybridized carbons (Fsp3) is 0.381. The van der Waals surface area contributed by atoms with Crippen LogP contribution in [-0.2, 0) is 14.7 Å². The third-order valence-electron chi connectivity index (χ3n) is 6.53. The predicted molar refractivity (Wildman–Crippen MR) is 114 cm³/mol. The normalized spacial score (nSPS) is 31.0. The van der Waals surface area contributed by atoms with Crippen LogP contribution in [0.2, 0.25) is 0 Å². The summed E-state index contributed by atoms with van der Waals surface area (Å²) in [6.07, 6.45) is 6.35. The molecule has 1 fully saturated rings. The molecular formula is C21H24BN3O4S. The lowest BCUT2D eigenvalue weighted by atomic mass is 9.66. The largest absolute Gasteiger partial charge is 0.552 e. The molecule has 0 saturated carbocycles. The molecule has 156 valence electrons.